The average molecular weight is 307 g/mol. The van der Waals surface area contributed by atoms with Crippen molar-refractivity contribution in [3.8, 4) is 0 Å². The summed E-state index contributed by atoms with van der Waals surface area (Å²) in [5.41, 5.74) is 2.29. The Morgan fingerprint density at radius 2 is 2.04 bits per heavy atom. The molecule has 2 atom stereocenters. The van der Waals surface area contributed by atoms with E-state index in [1.54, 1.807) is 6.20 Å². The second-order valence-corrected chi connectivity index (χ2v) is 5.67. The Morgan fingerprint density at radius 3 is 2.83 bits per heavy atom. The molecule has 0 bridgehead atoms. The van der Waals surface area contributed by atoms with E-state index in [1.165, 1.54) is 7.11 Å². The largest absolute Gasteiger partial charge is 0.469 e. The van der Waals surface area contributed by atoms with E-state index in [4.69, 9.17) is 4.74 Å². The van der Waals surface area contributed by atoms with Crippen LogP contribution in [0.2, 0.25) is 0 Å². The zero-order valence-electron chi connectivity index (χ0n) is 12.8. The van der Waals surface area contributed by atoms with Crippen molar-refractivity contribution in [1.82, 2.24) is 9.99 Å². The van der Waals surface area contributed by atoms with E-state index >= 15 is 0 Å². The van der Waals surface area contributed by atoms with Gasteiger partial charge in [0.15, 0.2) is 0 Å². The number of fused-ring (bicyclic) bond motifs is 3. The lowest BCUT2D eigenvalue weighted by molar-refractivity contribution is -0.145. The molecule has 23 heavy (non-hydrogen) atoms. The van der Waals surface area contributed by atoms with Gasteiger partial charge in [-0.15, -0.1) is 0 Å². The summed E-state index contributed by atoms with van der Waals surface area (Å²) in [5.74, 6) is 0.379. The number of hydrogen-bond donors (Lipinski definition) is 0. The van der Waals surface area contributed by atoms with Gasteiger partial charge in [-0.25, -0.2) is 4.98 Å². The van der Waals surface area contributed by atoms with Crippen LogP contribution in [0.25, 0.3) is 6.08 Å². The van der Waals surface area contributed by atoms with Crippen LogP contribution in [0.4, 0.5) is 5.82 Å². The zero-order valence-corrected chi connectivity index (χ0v) is 12.8. The highest BCUT2D eigenvalue weighted by Crippen LogP contribution is 2.43. The topological polar surface area (TPSA) is 45.7 Å². The number of hydrogen-bond acceptors (Lipinski definition) is 5. The predicted octanol–water partition coefficient (Wildman–Crippen LogP) is 2.63. The molecule has 2 aliphatic heterocycles. The quantitative estimate of drug-likeness (QED) is 0.798. The van der Waals surface area contributed by atoms with Gasteiger partial charge in [0.2, 0.25) is 0 Å². The molecule has 2 aromatic rings. The van der Waals surface area contributed by atoms with E-state index < -0.39 is 0 Å². The molecule has 116 valence electrons. The number of aromatic nitrogens is 1. The number of ether oxygens (including phenoxy) is 1. The van der Waals surface area contributed by atoms with Crippen molar-refractivity contribution in [2.24, 2.45) is 5.92 Å². The van der Waals surface area contributed by atoms with Gasteiger partial charge in [-0.1, -0.05) is 30.3 Å². The first-order valence-electron chi connectivity index (χ1n) is 7.61. The fourth-order valence-corrected chi connectivity index (χ4v) is 3.41. The van der Waals surface area contributed by atoms with Gasteiger partial charge in [-0.3, -0.25) is 14.8 Å². The van der Waals surface area contributed by atoms with Gasteiger partial charge in [0.05, 0.1) is 19.7 Å². The van der Waals surface area contributed by atoms with E-state index in [9.17, 15) is 4.79 Å². The summed E-state index contributed by atoms with van der Waals surface area (Å²) in [6, 6.07) is 13.9. The van der Waals surface area contributed by atoms with Crippen LogP contribution in [0.3, 0.4) is 0 Å². The maximum absolute atomic E-state index is 12.3. The molecule has 1 fully saturated rings. The molecule has 0 N–H and O–H groups in total. The van der Waals surface area contributed by atoms with Crippen LogP contribution in [0, 0.1) is 5.92 Å². The number of carbonyl (C=O) groups is 1. The number of hydrazine groups is 1. The summed E-state index contributed by atoms with van der Waals surface area (Å²) in [6.45, 7) is 0.549. The maximum atomic E-state index is 12.3. The Labute approximate surface area is 134 Å². The number of esters is 1. The number of methoxy groups -OCH3 is 1. The summed E-state index contributed by atoms with van der Waals surface area (Å²) in [4.78, 5) is 16.8. The molecule has 0 radical (unpaired) electrons. The van der Waals surface area contributed by atoms with Crippen LogP contribution in [-0.4, -0.2) is 29.6 Å². The second-order valence-electron chi connectivity index (χ2n) is 5.67. The number of benzene rings is 1. The van der Waals surface area contributed by atoms with E-state index in [0.29, 0.717) is 6.54 Å². The molecule has 0 saturated carbocycles. The number of carbonyl (C=O) groups excluding carboxylic acids is 1. The first kappa shape index (κ1) is 13.8. The van der Waals surface area contributed by atoms with Gasteiger partial charge in [0, 0.05) is 12.4 Å². The molecular formula is C18H17N3O2. The lowest BCUT2D eigenvalue weighted by Gasteiger charge is -2.35. The second kappa shape index (κ2) is 5.43. The average Bonchev–Trinajstić information content (AvgIpc) is 3.02. The molecule has 5 nitrogen and oxygen atoms in total. The highest BCUT2D eigenvalue weighted by atomic mass is 16.5. The zero-order chi connectivity index (χ0) is 15.8. The minimum absolute atomic E-state index is 0.0642. The fraction of sp³-hybridized carbons (Fsp3) is 0.222. The van der Waals surface area contributed by atoms with Gasteiger partial charge >= 0.3 is 5.97 Å². The van der Waals surface area contributed by atoms with Crippen LogP contribution in [0.5, 0.6) is 0 Å². The van der Waals surface area contributed by atoms with Crippen molar-refractivity contribution < 1.29 is 9.53 Å². The molecule has 0 amide bonds. The van der Waals surface area contributed by atoms with Crippen LogP contribution < -0.4 is 5.01 Å². The van der Waals surface area contributed by atoms with E-state index in [0.717, 1.165) is 16.9 Å². The van der Waals surface area contributed by atoms with Crippen LogP contribution >= 0.6 is 0 Å². The van der Waals surface area contributed by atoms with Crippen molar-refractivity contribution in [2.45, 2.75) is 6.04 Å². The normalized spacial score (nSPS) is 21.8. The Balaban J connectivity index is 1.80. The molecule has 0 spiro atoms. The van der Waals surface area contributed by atoms with Gasteiger partial charge in [0.25, 0.3) is 0 Å². The van der Waals surface area contributed by atoms with Crippen molar-refractivity contribution in [3.05, 3.63) is 66.0 Å². The van der Waals surface area contributed by atoms with Gasteiger partial charge in [-0.05, 0) is 29.3 Å². The van der Waals surface area contributed by atoms with Crippen molar-refractivity contribution in [1.29, 1.82) is 0 Å². The number of pyridine rings is 1. The minimum Gasteiger partial charge on any atom is -0.469 e. The van der Waals surface area contributed by atoms with Crippen LogP contribution in [0.1, 0.15) is 17.2 Å². The standard InChI is InChI=1S/C18H17N3O2/c1-23-18(22)15-12-21(16-8-4-5-10-19-16)20-11-9-13-6-2-3-7-14(13)17(15)20/h2-11,15,17H,12H2,1H3/t15-,17?/m0/s1. The summed E-state index contributed by atoms with van der Waals surface area (Å²) in [5, 5.41) is 4.13. The fourth-order valence-electron chi connectivity index (χ4n) is 3.41. The van der Waals surface area contributed by atoms with E-state index in [-0.39, 0.29) is 17.9 Å². The molecule has 5 heteroatoms. The van der Waals surface area contributed by atoms with Gasteiger partial charge < -0.3 is 4.74 Å². The number of rotatable bonds is 2. The highest BCUT2D eigenvalue weighted by molar-refractivity contribution is 5.76. The van der Waals surface area contributed by atoms with Gasteiger partial charge in [0.1, 0.15) is 11.7 Å². The molecule has 3 heterocycles. The van der Waals surface area contributed by atoms with Crippen LogP contribution in [-0.2, 0) is 9.53 Å². The number of nitrogens with zero attached hydrogens (tertiary/aromatic N) is 3. The van der Waals surface area contributed by atoms with Crippen molar-refractivity contribution in [2.75, 3.05) is 18.7 Å². The molecular weight excluding hydrogens is 290 g/mol. The third-order valence-corrected chi connectivity index (χ3v) is 4.45. The molecule has 2 aliphatic rings. The lowest BCUT2D eigenvalue weighted by Crippen LogP contribution is -2.35. The maximum Gasteiger partial charge on any atom is 0.313 e. The SMILES string of the molecule is COC(=O)[C@H]1CN(c2ccccn2)N2C=Cc3ccccc3C12. The monoisotopic (exact) mass is 307 g/mol. The summed E-state index contributed by atoms with van der Waals surface area (Å²) < 4.78 is 5.05. The smallest absolute Gasteiger partial charge is 0.313 e. The minimum atomic E-state index is -0.256. The third kappa shape index (κ3) is 2.16. The van der Waals surface area contributed by atoms with E-state index in [2.05, 4.69) is 28.2 Å². The highest BCUT2D eigenvalue weighted by Gasteiger charge is 2.46. The first-order chi connectivity index (χ1) is 11.3. The molecule has 0 aliphatic carbocycles. The Morgan fingerprint density at radius 1 is 1.22 bits per heavy atom. The van der Waals surface area contributed by atoms with Crippen LogP contribution in [0.15, 0.2) is 54.9 Å². The van der Waals surface area contributed by atoms with Gasteiger partial charge in [-0.2, -0.15) is 0 Å². The van der Waals surface area contributed by atoms with Crippen molar-refractivity contribution >= 4 is 17.9 Å². The number of anilines is 1. The van der Waals surface area contributed by atoms with E-state index in [1.807, 2.05) is 41.5 Å². The summed E-state index contributed by atoms with van der Waals surface area (Å²) >= 11 is 0. The molecule has 1 unspecified atom stereocenters. The lowest BCUT2D eigenvalue weighted by atomic mass is 9.89. The summed E-state index contributed by atoms with van der Waals surface area (Å²) in [6.07, 6.45) is 5.85. The summed E-state index contributed by atoms with van der Waals surface area (Å²) in [7, 11) is 1.45. The Hall–Kier alpha value is -2.82. The first-order valence-corrected chi connectivity index (χ1v) is 7.61. The molecule has 1 saturated heterocycles. The Kier molecular flexibility index (Phi) is 3.26. The molecule has 1 aromatic heterocycles. The predicted molar refractivity (Wildman–Crippen MR) is 87.1 cm³/mol. The Bertz CT molecular complexity index is 760. The molecule has 4 rings (SSSR count). The third-order valence-electron chi connectivity index (χ3n) is 4.45. The molecule has 1 aromatic carbocycles. The van der Waals surface area contributed by atoms with Crippen molar-refractivity contribution in [3.63, 3.8) is 0 Å².